The number of carboxylic acids is 1. The van der Waals surface area contributed by atoms with Crippen LogP contribution < -0.4 is 25.3 Å². The molecule has 1 heterocycles. The van der Waals surface area contributed by atoms with Gasteiger partial charge in [0.15, 0.2) is 17.5 Å². The standard InChI is InChI=1S/C25H33N3O11/c1-3-36-16-8-13(19(24(34)35)28-11-5-6-12(23(26)27)14(30)7-11)15(9-17(16)37-4-2)38-25-22(33)21(32)20(31)18(10-29)39-25/h5-9,18-22,25,28-33H,3-4,10H2,1-2H3,(H3,26,27)(H,34,35)/t18-,19-,20-,21+,22-,25-/m1/s1. The highest BCUT2D eigenvalue weighted by Crippen LogP contribution is 2.41. The van der Waals surface area contributed by atoms with Crippen LogP contribution in [-0.2, 0) is 9.53 Å². The highest BCUT2D eigenvalue weighted by Gasteiger charge is 2.45. The Bertz CT molecular complexity index is 1180. The van der Waals surface area contributed by atoms with E-state index in [2.05, 4.69) is 5.32 Å². The Hall–Kier alpha value is -3.82. The van der Waals surface area contributed by atoms with Crippen LogP contribution in [0.5, 0.6) is 23.0 Å². The highest BCUT2D eigenvalue weighted by molar-refractivity contribution is 5.98. The number of aliphatic carboxylic acids is 1. The number of carbonyl (C=O) groups is 1. The van der Waals surface area contributed by atoms with Crippen molar-refractivity contribution in [1.82, 2.24) is 0 Å². The first-order valence-corrected chi connectivity index (χ1v) is 12.1. The van der Waals surface area contributed by atoms with Crippen molar-refractivity contribution in [3.8, 4) is 23.0 Å². The molecule has 3 rings (SSSR count). The topological polar surface area (TPSA) is 237 Å². The molecule has 0 unspecified atom stereocenters. The average Bonchev–Trinajstić information content (AvgIpc) is 2.89. The quantitative estimate of drug-likeness (QED) is 0.124. The second-order valence-electron chi connectivity index (χ2n) is 8.58. The minimum atomic E-state index is -1.76. The molecule has 10 N–H and O–H groups in total. The van der Waals surface area contributed by atoms with Crippen LogP contribution in [-0.4, -0.2) is 93.0 Å². The summed E-state index contributed by atoms with van der Waals surface area (Å²) in [6.07, 6.45) is -7.98. The number of nitrogen functional groups attached to an aromatic ring is 1. The van der Waals surface area contributed by atoms with Crippen molar-refractivity contribution in [1.29, 1.82) is 5.41 Å². The van der Waals surface area contributed by atoms with Crippen molar-refractivity contribution in [3.63, 3.8) is 0 Å². The third kappa shape index (κ3) is 6.61. The zero-order valence-electron chi connectivity index (χ0n) is 21.3. The number of benzene rings is 2. The minimum Gasteiger partial charge on any atom is -0.507 e. The maximum absolute atomic E-state index is 12.5. The molecule has 1 saturated heterocycles. The molecule has 39 heavy (non-hydrogen) atoms. The lowest BCUT2D eigenvalue weighted by Crippen LogP contribution is -2.60. The number of phenolic OH excluding ortho intramolecular Hbond substituents is 1. The molecule has 6 atom stereocenters. The van der Waals surface area contributed by atoms with Gasteiger partial charge >= 0.3 is 5.97 Å². The molecule has 14 nitrogen and oxygen atoms in total. The van der Waals surface area contributed by atoms with Crippen molar-refractivity contribution in [3.05, 3.63) is 41.5 Å². The number of amidine groups is 1. The summed E-state index contributed by atoms with van der Waals surface area (Å²) in [5.74, 6) is -1.85. The molecule has 1 aliphatic heterocycles. The van der Waals surface area contributed by atoms with Gasteiger partial charge in [-0.1, -0.05) is 0 Å². The third-order valence-corrected chi connectivity index (χ3v) is 5.92. The second-order valence-corrected chi connectivity index (χ2v) is 8.58. The Morgan fingerprint density at radius 3 is 2.23 bits per heavy atom. The fraction of sp³-hybridized carbons (Fsp3) is 0.440. The third-order valence-electron chi connectivity index (χ3n) is 5.92. The first-order chi connectivity index (χ1) is 18.5. The van der Waals surface area contributed by atoms with E-state index in [0.29, 0.717) is 0 Å². The van der Waals surface area contributed by atoms with Gasteiger partial charge in [-0.2, -0.15) is 0 Å². The number of aliphatic hydroxyl groups is 4. The first-order valence-electron chi connectivity index (χ1n) is 12.1. The monoisotopic (exact) mass is 551 g/mol. The molecule has 0 spiro atoms. The zero-order chi connectivity index (χ0) is 28.9. The Morgan fingerprint density at radius 2 is 1.69 bits per heavy atom. The van der Waals surface area contributed by atoms with E-state index in [0.717, 1.165) is 0 Å². The summed E-state index contributed by atoms with van der Waals surface area (Å²) in [6.45, 7) is 3.20. The molecule has 14 heteroatoms. The van der Waals surface area contributed by atoms with Crippen LogP contribution in [0.15, 0.2) is 30.3 Å². The van der Waals surface area contributed by atoms with Crippen LogP contribution in [0.3, 0.4) is 0 Å². The molecule has 214 valence electrons. The van der Waals surface area contributed by atoms with E-state index >= 15 is 0 Å². The zero-order valence-corrected chi connectivity index (χ0v) is 21.3. The van der Waals surface area contributed by atoms with E-state index in [-0.39, 0.29) is 58.9 Å². The van der Waals surface area contributed by atoms with Gasteiger partial charge in [0.1, 0.15) is 41.8 Å². The molecule has 0 saturated carbocycles. The second kappa shape index (κ2) is 12.8. The molecular formula is C25H33N3O11. The Labute approximate surface area is 223 Å². The first kappa shape index (κ1) is 29.7. The summed E-state index contributed by atoms with van der Waals surface area (Å²) in [6, 6.07) is 5.13. The lowest BCUT2D eigenvalue weighted by molar-refractivity contribution is -0.277. The summed E-state index contributed by atoms with van der Waals surface area (Å²) in [4.78, 5) is 12.5. The van der Waals surface area contributed by atoms with Crippen LogP contribution in [0.4, 0.5) is 5.69 Å². The summed E-state index contributed by atoms with van der Waals surface area (Å²) in [5, 5.41) is 70.9. The smallest absolute Gasteiger partial charge is 0.330 e. The molecule has 0 radical (unpaired) electrons. The van der Waals surface area contributed by atoms with Gasteiger partial charge in [0.05, 0.1) is 25.4 Å². The fourth-order valence-corrected chi connectivity index (χ4v) is 4.00. The molecule has 0 bridgehead atoms. The number of ether oxygens (including phenoxy) is 4. The molecular weight excluding hydrogens is 518 g/mol. The molecule has 0 amide bonds. The molecule has 1 aliphatic rings. The number of hydrogen-bond acceptors (Lipinski definition) is 12. The van der Waals surface area contributed by atoms with Gasteiger partial charge in [-0.25, -0.2) is 4.79 Å². The van der Waals surface area contributed by atoms with Crippen molar-refractivity contribution in [2.75, 3.05) is 25.1 Å². The predicted molar refractivity (Wildman–Crippen MR) is 136 cm³/mol. The normalized spacial score (nSPS) is 23.5. The number of anilines is 1. The van der Waals surface area contributed by atoms with Crippen LogP contribution in [0.2, 0.25) is 0 Å². The summed E-state index contributed by atoms with van der Waals surface area (Å²) >= 11 is 0. The van der Waals surface area contributed by atoms with Gasteiger partial charge in [0.25, 0.3) is 0 Å². The van der Waals surface area contributed by atoms with Crippen LogP contribution in [0, 0.1) is 5.41 Å². The fourth-order valence-electron chi connectivity index (χ4n) is 4.00. The number of aliphatic hydroxyl groups excluding tert-OH is 4. The van der Waals surface area contributed by atoms with Gasteiger partial charge in [0.2, 0.25) is 6.29 Å². The molecule has 0 aliphatic carbocycles. The Morgan fingerprint density at radius 1 is 1.05 bits per heavy atom. The van der Waals surface area contributed by atoms with Gasteiger partial charge in [-0.05, 0) is 32.0 Å². The Kier molecular flexibility index (Phi) is 9.77. The lowest BCUT2D eigenvalue weighted by Gasteiger charge is -2.40. The SMILES string of the molecule is CCOc1cc(O[C@@H]2O[C@H](CO)[C@@H](O)[C@H](O)[C@H]2O)c([C@@H](Nc2ccc(C(=N)N)c(O)c2)C(=O)O)cc1OCC. The van der Waals surface area contributed by atoms with Gasteiger partial charge in [-0.15, -0.1) is 0 Å². The van der Waals surface area contributed by atoms with Crippen molar-refractivity contribution in [2.45, 2.75) is 50.6 Å². The molecule has 0 aromatic heterocycles. The number of aromatic hydroxyl groups is 1. The van der Waals surface area contributed by atoms with Gasteiger partial charge in [-0.3, -0.25) is 5.41 Å². The maximum atomic E-state index is 12.5. The molecule has 1 fully saturated rings. The number of carboxylic acid groups (broad SMARTS) is 1. The molecule has 2 aromatic carbocycles. The number of nitrogens with one attached hydrogen (secondary N) is 2. The van der Waals surface area contributed by atoms with E-state index in [1.165, 1.54) is 30.3 Å². The number of phenols is 1. The van der Waals surface area contributed by atoms with Crippen molar-refractivity contribution in [2.24, 2.45) is 5.73 Å². The van der Waals surface area contributed by atoms with E-state index < -0.39 is 49.3 Å². The van der Waals surface area contributed by atoms with Crippen LogP contribution >= 0.6 is 0 Å². The van der Waals surface area contributed by atoms with Crippen LogP contribution in [0.25, 0.3) is 0 Å². The number of hydrogen-bond donors (Lipinski definition) is 9. The summed E-state index contributed by atoms with van der Waals surface area (Å²) in [7, 11) is 0. The Balaban J connectivity index is 2.09. The largest absolute Gasteiger partial charge is 0.507 e. The lowest BCUT2D eigenvalue weighted by atomic mass is 9.99. The van der Waals surface area contributed by atoms with Crippen molar-refractivity contribution < 1.29 is 54.4 Å². The minimum absolute atomic E-state index is 0.0125. The van der Waals surface area contributed by atoms with E-state index in [1.54, 1.807) is 13.8 Å². The number of rotatable bonds is 12. The summed E-state index contributed by atoms with van der Waals surface area (Å²) < 4.78 is 22.5. The van der Waals surface area contributed by atoms with Crippen molar-refractivity contribution >= 4 is 17.5 Å². The predicted octanol–water partition coefficient (Wildman–Crippen LogP) is -0.110. The average molecular weight is 552 g/mol. The van der Waals surface area contributed by atoms with E-state index in [1.807, 2.05) is 0 Å². The summed E-state index contributed by atoms with van der Waals surface area (Å²) in [5.41, 5.74) is 5.64. The van der Waals surface area contributed by atoms with Gasteiger partial charge in [0, 0.05) is 23.4 Å². The molecule has 2 aromatic rings. The van der Waals surface area contributed by atoms with E-state index in [9.17, 15) is 35.4 Å². The van der Waals surface area contributed by atoms with Gasteiger partial charge < -0.3 is 60.6 Å². The number of nitrogens with two attached hydrogens (primary N) is 1. The van der Waals surface area contributed by atoms with Crippen LogP contribution in [0.1, 0.15) is 31.0 Å². The highest BCUT2D eigenvalue weighted by atomic mass is 16.7. The maximum Gasteiger partial charge on any atom is 0.330 e. The van der Waals surface area contributed by atoms with E-state index in [4.69, 9.17) is 30.1 Å².